The molecule has 0 bridgehead atoms. The lowest BCUT2D eigenvalue weighted by Crippen LogP contribution is -2.27. The topological polar surface area (TPSA) is 62.7 Å². The van der Waals surface area contributed by atoms with Crippen LogP contribution in [0, 0.1) is 11.7 Å². The van der Waals surface area contributed by atoms with Crippen LogP contribution in [0.4, 0.5) is 0 Å². The highest BCUT2D eigenvalue weighted by molar-refractivity contribution is 7.71. The van der Waals surface area contributed by atoms with Crippen LogP contribution in [0.2, 0.25) is 4.34 Å². The number of aromatic amines is 1. The monoisotopic (exact) mass is 406 g/mol. The summed E-state index contributed by atoms with van der Waals surface area (Å²) in [6.07, 6.45) is 0.316. The van der Waals surface area contributed by atoms with Crippen LogP contribution in [0.3, 0.4) is 0 Å². The molecule has 0 fully saturated rings. The van der Waals surface area contributed by atoms with Crippen LogP contribution >= 0.6 is 35.2 Å². The van der Waals surface area contributed by atoms with E-state index in [1.54, 1.807) is 0 Å². The molecule has 26 heavy (non-hydrogen) atoms. The fraction of sp³-hybridized carbons (Fsp3) is 0.278. The molecule has 2 aromatic heterocycles. The third-order valence-corrected chi connectivity index (χ3v) is 5.75. The van der Waals surface area contributed by atoms with Crippen molar-refractivity contribution in [3.05, 3.63) is 55.9 Å². The van der Waals surface area contributed by atoms with Gasteiger partial charge < -0.3 is 5.32 Å². The Labute approximate surface area is 166 Å². The van der Waals surface area contributed by atoms with Crippen LogP contribution in [-0.2, 0) is 11.3 Å². The van der Waals surface area contributed by atoms with E-state index >= 15 is 0 Å². The lowest BCUT2D eigenvalue weighted by molar-refractivity contribution is -0.121. The summed E-state index contributed by atoms with van der Waals surface area (Å²) in [6.45, 7) is 4.44. The van der Waals surface area contributed by atoms with Crippen molar-refractivity contribution in [2.24, 2.45) is 0 Å². The second kappa shape index (κ2) is 8.16. The van der Waals surface area contributed by atoms with Crippen LogP contribution < -0.4 is 5.32 Å². The molecule has 0 radical (unpaired) electrons. The summed E-state index contributed by atoms with van der Waals surface area (Å²) in [5.74, 6) is 0.695. The Kier molecular flexibility index (Phi) is 5.90. The number of hydrogen-bond acceptors (Lipinski definition) is 4. The molecule has 3 aromatic rings. The van der Waals surface area contributed by atoms with Crippen LogP contribution in [0.5, 0.6) is 0 Å². The molecule has 0 spiro atoms. The second-order valence-electron chi connectivity index (χ2n) is 6.05. The van der Waals surface area contributed by atoms with Gasteiger partial charge in [0.2, 0.25) is 5.91 Å². The van der Waals surface area contributed by atoms with Crippen molar-refractivity contribution >= 4 is 41.1 Å². The minimum atomic E-state index is -0.0751. The highest BCUT2D eigenvalue weighted by Crippen LogP contribution is 2.26. The first-order valence-electron chi connectivity index (χ1n) is 8.21. The van der Waals surface area contributed by atoms with E-state index in [9.17, 15) is 4.79 Å². The number of amides is 1. The van der Waals surface area contributed by atoms with E-state index in [1.807, 2.05) is 54.8 Å². The average molecular weight is 407 g/mol. The van der Waals surface area contributed by atoms with Crippen LogP contribution in [0.15, 0.2) is 36.4 Å². The number of nitrogens with one attached hydrogen (secondary N) is 2. The minimum absolute atomic E-state index is 0.0417. The summed E-state index contributed by atoms with van der Waals surface area (Å²) >= 11 is 12.7. The molecule has 0 aliphatic rings. The number of benzene rings is 1. The molecule has 0 saturated heterocycles. The predicted octanol–water partition coefficient (Wildman–Crippen LogP) is 4.90. The zero-order chi connectivity index (χ0) is 18.7. The summed E-state index contributed by atoms with van der Waals surface area (Å²) < 4.78 is 3.08. The van der Waals surface area contributed by atoms with E-state index in [0.29, 0.717) is 22.1 Å². The first-order chi connectivity index (χ1) is 12.4. The molecule has 1 unspecified atom stereocenters. The number of carbonyl (C=O) groups excluding carboxylic acids is 1. The fourth-order valence-electron chi connectivity index (χ4n) is 2.61. The summed E-state index contributed by atoms with van der Waals surface area (Å²) in [6, 6.07) is 11.7. The van der Waals surface area contributed by atoms with Crippen molar-refractivity contribution in [2.75, 3.05) is 0 Å². The zero-order valence-corrected chi connectivity index (χ0v) is 16.8. The minimum Gasteiger partial charge on any atom is -0.349 e. The molecule has 1 amide bonds. The Bertz CT molecular complexity index is 958. The molecule has 0 aliphatic carbocycles. The van der Waals surface area contributed by atoms with Crippen LogP contribution in [0.1, 0.15) is 29.8 Å². The van der Waals surface area contributed by atoms with E-state index in [0.717, 1.165) is 16.3 Å². The van der Waals surface area contributed by atoms with E-state index in [-0.39, 0.29) is 11.9 Å². The molecule has 136 valence electrons. The highest BCUT2D eigenvalue weighted by atomic mass is 35.5. The number of thiophene rings is 1. The molecule has 5 nitrogen and oxygen atoms in total. The molecule has 0 aliphatic heterocycles. The van der Waals surface area contributed by atoms with Gasteiger partial charge in [0.15, 0.2) is 10.6 Å². The van der Waals surface area contributed by atoms with Crippen molar-refractivity contribution in [1.82, 2.24) is 20.1 Å². The van der Waals surface area contributed by atoms with E-state index in [4.69, 9.17) is 23.8 Å². The highest BCUT2D eigenvalue weighted by Gasteiger charge is 2.14. The van der Waals surface area contributed by atoms with Gasteiger partial charge in [0, 0.05) is 23.4 Å². The fourth-order valence-corrected chi connectivity index (χ4v) is 3.89. The van der Waals surface area contributed by atoms with Gasteiger partial charge in [-0.05, 0) is 38.2 Å². The largest absolute Gasteiger partial charge is 0.349 e. The first kappa shape index (κ1) is 18.8. The third-order valence-electron chi connectivity index (χ3n) is 4.03. The van der Waals surface area contributed by atoms with Gasteiger partial charge in [0.05, 0.1) is 10.4 Å². The van der Waals surface area contributed by atoms with Gasteiger partial charge in [-0.2, -0.15) is 5.10 Å². The van der Waals surface area contributed by atoms with Gasteiger partial charge >= 0.3 is 0 Å². The van der Waals surface area contributed by atoms with Crippen LogP contribution in [-0.4, -0.2) is 20.7 Å². The number of halogens is 1. The molecule has 3 rings (SSSR count). The van der Waals surface area contributed by atoms with E-state index in [1.165, 1.54) is 16.9 Å². The van der Waals surface area contributed by atoms with Gasteiger partial charge in [-0.25, -0.2) is 0 Å². The number of aromatic nitrogens is 3. The number of nitrogens with zero attached hydrogens (tertiary/aromatic N) is 2. The maximum absolute atomic E-state index is 12.3. The zero-order valence-electron chi connectivity index (χ0n) is 14.5. The molecular formula is C18H19ClN4OS2. The van der Waals surface area contributed by atoms with Gasteiger partial charge in [0.25, 0.3) is 0 Å². The standard InChI is InChI=1S/C18H19ClN4OS2/c1-11-3-5-13(6-4-11)17-21-22-18(25)23(17)10-9-16(24)20-12(2)14-7-8-15(19)26-14/h3-8,12H,9-10H2,1-2H3,(H,20,24)(H,22,25). The Morgan fingerprint density at radius 3 is 2.73 bits per heavy atom. The molecule has 8 heteroatoms. The quantitative estimate of drug-likeness (QED) is 0.572. The lowest BCUT2D eigenvalue weighted by Gasteiger charge is -2.13. The van der Waals surface area contributed by atoms with E-state index in [2.05, 4.69) is 15.5 Å². The van der Waals surface area contributed by atoms with Crippen molar-refractivity contribution in [3.8, 4) is 11.4 Å². The number of aryl methyl sites for hydroxylation is 1. The van der Waals surface area contributed by atoms with Crippen molar-refractivity contribution in [3.63, 3.8) is 0 Å². The normalized spacial score (nSPS) is 12.1. The number of hydrogen-bond donors (Lipinski definition) is 2. The Balaban J connectivity index is 1.66. The molecule has 1 atom stereocenters. The van der Waals surface area contributed by atoms with Gasteiger partial charge in [-0.3, -0.25) is 14.5 Å². The van der Waals surface area contributed by atoms with Gasteiger partial charge in [0.1, 0.15) is 0 Å². The van der Waals surface area contributed by atoms with E-state index < -0.39 is 0 Å². The molecule has 1 aromatic carbocycles. The number of carbonyl (C=O) groups is 1. The Hall–Kier alpha value is -1.96. The molecule has 2 N–H and O–H groups in total. The maximum atomic E-state index is 12.3. The van der Waals surface area contributed by atoms with Crippen LogP contribution in [0.25, 0.3) is 11.4 Å². The molecule has 0 saturated carbocycles. The van der Waals surface area contributed by atoms with Gasteiger partial charge in [-0.1, -0.05) is 41.4 Å². The first-order valence-corrected chi connectivity index (χ1v) is 9.81. The van der Waals surface area contributed by atoms with Crippen molar-refractivity contribution in [1.29, 1.82) is 0 Å². The Morgan fingerprint density at radius 1 is 1.35 bits per heavy atom. The molecular weight excluding hydrogens is 388 g/mol. The van der Waals surface area contributed by atoms with Crippen molar-refractivity contribution < 1.29 is 4.79 Å². The average Bonchev–Trinajstić information content (AvgIpc) is 3.20. The number of H-pyrrole nitrogens is 1. The van der Waals surface area contributed by atoms with Crippen molar-refractivity contribution in [2.45, 2.75) is 32.9 Å². The third kappa shape index (κ3) is 4.41. The molecule has 2 heterocycles. The summed E-state index contributed by atoms with van der Waals surface area (Å²) in [4.78, 5) is 13.3. The maximum Gasteiger partial charge on any atom is 0.222 e. The summed E-state index contributed by atoms with van der Waals surface area (Å²) in [5.41, 5.74) is 2.14. The van der Waals surface area contributed by atoms with Gasteiger partial charge in [-0.15, -0.1) is 11.3 Å². The summed E-state index contributed by atoms with van der Waals surface area (Å²) in [5, 5.41) is 10.1. The Morgan fingerprint density at radius 2 is 2.08 bits per heavy atom. The smallest absolute Gasteiger partial charge is 0.222 e. The summed E-state index contributed by atoms with van der Waals surface area (Å²) in [7, 11) is 0. The lowest BCUT2D eigenvalue weighted by atomic mass is 10.1. The second-order valence-corrected chi connectivity index (χ2v) is 8.18. The number of rotatable bonds is 6. The predicted molar refractivity (Wildman–Crippen MR) is 108 cm³/mol. The SMILES string of the molecule is Cc1ccc(-c2n[nH]c(=S)n2CCC(=O)NC(C)c2ccc(Cl)s2)cc1.